The van der Waals surface area contributed by atoms with Crippen LogP contribution in [0.25, 0.3) is 10.1 Å². The maximum absolute atomic E-state index is 12.9. The molecular formula is C33H42N4O4S. The Hall–Kier alpha value is -3.30. The van der Waals surface area contributed by atoms with Crippen molar-refractivity contribution in [3.63, 3.8) is 0 Å². The summed E-state index contributed by atoms with van der Waals surface area (Å²) in [6, 6.07) is 18.0. The largest absolute Gasteiger partial charge is 0.415 e. The molecule has 1 aromatic heterocycles. The number of carbonyl (C=O) groups excluding carboxylic acids is 3. The van der Waals surface area contributed by atoms with Gasteiger partial charge in [-0.25, -0.2) is 0 Å². The van der Waals surface area contributed by atoms with Crippen LogP contribution in [0.15, 0.2) is 54.6 Å². The van der Waals surface area contributed by atoms with E-state index < -0.39 is 0 Å². The average Bonchev–Trinajstić information content (AvgIpc) is 3.54. The molecule has 2 saturated heterocycles. The van der Waals surface area contributed by atoms with Crippen molar-refractivity contribution >= 4 is 45.2 Å². The topological polar surface area (TPSA) is 79.8 Å². The summed E-state index contributed by atoms with van der Waals surface area (Å²) >= 11 is 1.53. The molecular weight excluding hydrogens is 548 g/mol. The smallest absolute Gasteiger partial charge is 0.314 e. The highest BCUT2D eigenvalue weighted by molar-refractivity contribution is 7.13. The van der Waals surface area contributed by atoms with Gasteiger partial charge in [0.15, 0.2) is 5.82 Å². The fourth-order valence-electron chi connectivity index (χ4n) is 6.81. The molecule has 6 rings (SSSR count). The zero-order valence-electron chi connectivity index (χ0n) is 24.6. The van der Waals surface area contributed by atoms with Gasteiger partial charge in [0.1, 0.15) is 0 Å². The fourth-order valence-corrected chi connectivity index (χ4v) is 7.61. The first-order valence-electron chi connectivity index (χ1n) is 15.0. The third-order valence-corrected chi connectivity index (χ3v) is 10.1. The van der Waals surface area contributed by atoms with E-state index in [0.29, 0.717) is 17.8 Å². The molecule has 3 fully saturated rings. The minimum atomic E-state index is -0.211. The van der Waals surface area contributed by atoms with Gasteiger partial charge < -0.3 is 17.1 Å². The minimum absolute atomic E-state index is 0. The highest BCUT2D eigenvalue weighted by atomic mass is 32.1. The normalized spacial score (nSPS) is 21.7. The lowest BCUT2D eigenvalue weighted by Crippen LogP contribution is -2.61. The zero-order chi connectivity index (χ0) is 28.2. The minimum Gasteiger partial charge on any atom is -0.415 e. The second kappa shape index (κ2) is 13.3. The highest BCUT2D eigenvalue weighted by Gasteiger charge is 2.47. The number of esters is 1. The Labute approximate surface area is 253 Å². The Morgan fingerprint density at radius 1 is 0.929 bits per heavy atom. The van der Waals surface area contributed by atoms with E-state index >= 15 is 0 Å². The van der Waals surface area contributed by atoms with E-state index in [0.717, 1.165) is 82.6 Å². The average molecular weight is 591 g/mol. The SMILES string of the molecule is O=C(Cc1ccccc1)OC[N+]1(CCCCN2C(=O)C3CCCCC3C2=O)CCN(c2nsc3ccccc23)CC1.[CH3-]. The van der Waals surface area contributed by atoms with Crippen LogP contribution in [0, 0.1) is 19.3 Å². The molecule has 2 atom stereocenters. The van der Waals surface area contributed by atoms with Crippen LogP contribution in [-0.2, 0) is 25.5 Å². The van der Waals surface area contributed by atoms with Crippen LogP contribution in [-0.4, -0.2) is 77.5 Å². The van der Waals surface area contributed by atoms with Crippen LogP contribution in [0.3, 0.4) is 0 Å². The Bertz CT molecular complexity index is 1360. The predicted octanol–water partition coefficient (Wildman–Crippen LogP) is 5.08. The van der Waals surface area contributed by atoms with E-state index in [2.05, 4.69) is 23.1 Å². The second-order valence-corrected chi connectivity index (χ2v) is 12.6. The van der Waals surface area contributed by atoms with Crippen LogP contribution < -0.4 is 4.90 Å². The van der Waals surface area contributed by atoms with Crippen molar-refractivity contribution in [2.45, 2.75) is 44.9 Å². The number of aromatic nitrogens is 1. The third-order valence-electron chi connectivity index (χ3n) is 9.23. The number of carbonyl (C=O) groups is 3. The number of piperazine rings is 1. The number of rotatable bonds is 10. The van der Waals surface area contributed by atoms with Gasteiger partial charge in [0.05, 0.1) is 55.7 Å². The van der Waals surface area contributed by atoms with E-state index in [1.165, 1.54) is 26.5 Å². The molecule has 42 heavy (non-hydrogen) atoms. The second-order valence-electron chi connectivity index (χ2n) is 11.8. The first-order chi connectivity index (χ1) is 20.0. The molecule has 8 nitrogen and oxygen atoms in total. The quantitative estimate of drug-likeness (QED) is 0.108. The van der Waals surface area contributed by atoms with Crippen molar-refractivity contribution in [3.8, 4) is 0 Å². The van der Waals surface area contributed by atoms with Crippen molar-refractivity contribution < 1.29 is 23.6 Å². The summed E-state index contributed by atoms with van der Waals surface area (Å²) in [7, 11) is 0. The van der Waals surface area contributed by atoms with Gasteiger partial charge in [-0.05, 0) is 54.9 Å². The van der Waals surface area contributed by atoms with Gasteiger partial charge in [-0.1, -0.05) is 55.3 Å². The Morgan fingerprint density at radius 3 is 2.31 bits per heavy atom. The van der Waals surface area contributed by atoms with Gasteiger partial charge in [-0.15, -0.1) is 0 Å². The number of fused-ring (bicyclic) bond motifs is 2. The maximum atomic E-state index is 12.9. The Kier molecular flexibility index (Phi) is 9.58. The molecule has 3 aromatic rings. The van der Waals surface area contributed by atoms with E-state index in [9.17, 15) is 14.4 Å². The lowest BCUT2D eigenvalue weighted by Gasteiger charge is -2.44. The molecule has 2 aliphatic heterocycles. The number of anilines is 1. The summed E-state index contributed by atoms with van der Waals surface area (Å²) in [5.74, 6) is 0.738. The van der Waals surface area contributed by atoms with Gasteiger partial charge in [0.2, 0.25) is 18.5 Å². The molecule has 2 amide bonds. The molecule has 1 saturated carbocycles. The Morgan fingerprint density at radius 2 is 1.60 bits per heavy atom. The lowest BCUT2D eigenvalue weighted by molar-refractivity contribution is -0.944. The third kappa shape index (κ3) is 6.37. The molecule has 2 aromatic carbocycles. The summed E-state index contributed by atoms with van der Waals surface area (Å²) in [6.45, 7) is 5.02. The summed E-state index contributed by atoms with van der Waals surface area (Å²) in [5, 5.41) is 1.19. The standard InChI is InChI=1S/C32H39N4O4S.CH3/c37-29(22-24-10-2-1-3-11-24)40-23-36(19-9-8-16-35-31(38)25-12-4-5-13-26(25)32(35)39)20-17-34(18-21-36)30-27-14-6-7-15-28(27)41-33-30;/h1-3,6-7,10-11,14-15,25-26H,4-5,8-9,12-13,16-23H2;1H3/q+1;-1. The Balaban J connectivity index is 0.00000353. The molecule has 3 aliphatic rings. The van der Waals surface area contributed by atoms with E-state index in [4.69, 9.17) is 9.11 Å². The van der Waals surface area contributed by atoms with Gasteiger partial charge in [-0.2, -0.15) is 4.37 Å². The van der Waals surface area contributed by atoms with Gasteiger partial charge in [0.25, 0.3) is 0 Å². The molecule has 0 bridgehead atoms. The van der Waals surface area contributed by atoms with Crippen molar-refractivity contribution in [2.75, 3.05) is 50.9 Å². The highest BCUT2D eigenvalue weighted by Crippen LogP contribution is 2.38. The lowest BCUT2D eigenvalue weighted by atomic mass is 9.81. The summed E-state index contributed by atoms with van der Waals surface area (Å²) in [4.78, 5) is 42.5. The van der Waals surface area contributed by atoms with Crippen molar-refractivity contribution in [2.24, 2.45) is 11.8 Å². The van der Waals surface area contributed by atoms with E-state index in [1.54, 1.807) is 0 Å². The van der Waals surface area contributed by atoms with Crippen LogP contribution >= 0.6 is 11.5 Å². The molecule has 2 unspecified atom stereocenters. The fraction of sp³-hybridized carbons (Fsp3) is 0.485. The molecule has 0 spiro atoms. The van der Waals surface area contributed by atoms with Crippen molar-refractivity contribution in [1.29, 1.82) is 0 Å². The number of hydrogen-bond donors (Lipinski definition) is 0. The van der Waals surface area contributed by atoms with E-state index in [-0.39, 0.29) is 43.5 Å². The van der Waals surface area contributed by atoms with Gasteiger partial charge in [-0.3, -0.25) is 23.8 Å². The number of amides is 2. The monoisotopic (exact) mass is 590 g/mol. The van der Waals surface area contributed by atoms with Crippen LogP contribution in [0.5, 0.6) is 0 Å². The summed E-state index contributed by atoms with van der Waals surface area (Å²) < 4.78 is 12.5. The van der Waals surface area contributed by atoms with Crippen molar-refractivity contribution in [1.82, 2.24) is 9.27 Å². The molecule has 0 N–H and O–H groups in total. The predicted molar refractivity (Wildman–Crippen MR) is 166 cm³/mol. The number of quaternary nitrogens is 1. The number of nitrogens with zero attached hydrogens (tertiary/aromatic N) is 4. The van der Waals surface area contributed by atoms with Crippen LogP contribution in [0.2, 0.25) is 0 Å². The molecule has 0 radical (unpaired) electrons. The van der Waals surface area contributed by atoms with Gasteiger partial charge >= 0.3 is 5.97 Å². The molecule has 224 valence electrons. The first-order valence-corrected chi connectivity index (χ1v) is 15.8. The number of likely N-dealkylation sites (tertiary alicyclic amines) is 1. The summed E-state index contributed by atoms with van der Waals surface area (Å²) in [6.07, 6.45) is 5.70. The molecule has 3 heterocycles. The maximum Gasteiger partial charge on any atom is 0.314 e. The first kappa shape index (κ1) is 30.2. The summed E-state index contributed by atoms with van der Waals surface area (Å²) in [5.41, 5.74) is 0.949. The number of imide groups is 1. The number of ether oxygens (including phenoxy) is 1. The molecule has 9 heteroatoms. The number of benzene rings is 2. The number of unbranched alkanes of at least 4 members (excludes halogenated alkanes) is 1. The van der Waals surface area contributed by atoms with Gasteiger partial charge in [0, 0.05) is 11.9 Å². The number of hydrogen-bond acceptors (Lipinski definition) is 7. The van der Waals surface area contributed by atoms with Crippen LogP contribution in [0.4, 0.5) is 5.82 Å². The van der Waals surface area contributed by atoms with Crippen LogP contribution in [0.1, 0.15) is 44.1 Å². The van der Waals surface area contributed by atoms with Crippen molar-refractivity contribution in [3.05, 3.63) is 67.6 Å². The zero-order valence-corrected chi connectivity index (χ0v) is 25.4. The molecule has 1 aliphatic carbocycles. The van der Waals surface area contributed by atoms with E-state index in [1.807, 2.05) is 36.4 Å².